The Hall–Kier alpha value is -3.49. The van der Waals surface area contributed by atoms with Crippen LogP contribution in [0.15, 0.2) is 76.2 Å². The van der Waals surface area contributed by atoms with Crippen molar-refractivity contribution in [2.45, 2.75) is 6.54 Å². The molecule has 0 saturated carbocycles. The van der Waals surface area contributed by atoms with Crippen LogP contribution in [0.25, 0.3) is 17.1 Å². The monoisotopic (exact) mass is 448 g/mol. The molecule has 0 atom stereocenters. The fourth-order valence-corrected chi connectivity index (χ4v) is 4.01. The molecule has 0 spiro atoms. The largest absolute Gasteiger partial charge is 0.366 e. The molecule has 0 aliphatic carbocycles. The van der Waals surface area contributed by atoms with Gasteiger partial charge in [0.15, 0.2) is 5.82 Å². The average molecular weight is 449 g/mol. The molecule has 4 aromatic rings. The predicted molar refractivity (Wildman–Crippen MR) is 122 cm³/mol. The quantitative estimate of drug-likeness (QED) is 0.463. The van der Waals surface area contributed by atoms with E-state index in [1.165, 1.54) is 4.68 Å². The highest BCUT2D eigenvalue weighted by Crippen LogP contribution is 2.23. The minimum Gasteiger partial charge on any atom is -0.366 e. The standard InChI is InChI=1S/C23H21ClN6O2/c24-21-19(15-25-30(23(21)31)18-9-5-2-6-10-18)29-13-11-28(12-14-29)16-20-26-22(32-27-20)17-7-3-1-4-8-17/h1-10,15H,11-14,16H2. The first-order valence-electron chi connectivity index (χ1n) is 10.4. The lowest BCUT2D eigenvalue weighted by Crippen LogP contribution is -2.46. The van der Waals surface area contributed by atoms with Crippen molar-refractivity contribution < 1.29 is 4.52 Å². The van der Waals surface area contributed by atoms with Gasteiger partial charge in [-0.1, -0.05) is 53.2 Å². The molecular weight excluding hydrogens is 428 g/mol. The average Bonchev–Trinajstić information content (AvgIpc) is 3.31. The molecule has 5 rings (SSSR count). The van der Waals surface area contributed by atoms with Crippen LogP contribution in [0.5, 0.6) is 0 Å². The molecule has 0 N–H and O–H groups in total. The Morgan fingerprint density at radius 2 is 1.62 bits per heavy atom. The number of anilines is 1. The molecule has 1 fully saturated rings. The molecule has 8 nitrogen and oxygen atoms in total. The van der Waals surface area contributed by atoms with Gasteiger partial charge in [0.2, 0.25) is 0 Å². The lowest BCUT2D eigenvalue weighted by atomic mass is 10.2. The van der Waals surface area contributed by atoms with Gasteiger partial charge >= 0.3 is 0 Å². The Balaban J connectivity index is 1.24. The number of benzene rings is 2. The van der Waals surface area contributed by atoms with Crippen LogP contribution in [0, 0.1) is 0 Å². The molecule has 0 bridgehead atoms. The Morgan fingerprint density at radius 1 is 0.938 bits per heavy atom. The van der Waals surface area contributed by atoms with Gasteiger partial charge in [0, 0.05) is 31.7 Å². The van der Waals surface area contributed by atoms with E-state index in [0.717, 1.165) is 31.7 Å². The second kappa shape index (κ2) is 8.94. The minimum absolute atomic E-state index is 0.183. The highest BCUT2D eigenvalue weighted by molar-refractivity contribution is 6.33. The molecule has 1 aliphatic heterocycles. The van der Waals surface area contributed by atoms with E-state index < -0.39 is 0 Å². The van der Waals surface area contributed by atoms with E-state index in [2.05, 4.69) is 25.0 Å². The summed E-state index contributed by atoms with van der Waals surface area (Å²) in [5, 5.41) is 8.63. The van der Waals surface area contributed by atoms with Crippen molar-refractivity contribution in [1.82, 2.24) is 24.8 Å². The molecule has 0 amide bonds. The highest BCUT2D eigenvalue weighted by atomic mass is 35.5. The van der Waals surface area contributed by atoms with Crippen LogP contribution in [0.4, 0.5) is 5.69 Å². The molecule has 1 saturated heterocycles. The normalized spacial score (nSPS) is 14.6. The SMILES string of the molecule is O=c1c(Cl)c(N2CCN(Cc3noc(-c4ccccc4)n3)CC2)cnn1-c1ccccc1. The summed E-state index contributed by atoms with van der Waals surface area (Å²) in [6.07, 6.45) is 1.66. The van der Waals surface area contributed by atoms with Crippen LogP contribution in [0.1, 0.15) is 5.82 Å². The van der Waals surface area contributed by atoms with Crippen LogP contribution < -0.4 is 10.5 Å². The van der Waals surface area contributed by atoms with Gasteiger partial charge in [0.1, 0.15) is 5.02 Å². The number of hydrogen-bond donors (Lipinski definition) is 0. The highest BCUT2D eigenvalue weighted by Gasteiger charge is 2.23. The lowest BCUT2D eigenvalue weighted by molar-refractivity contribution is 0.240. The summed E-state index contributed by atoms with van der Waals surface area (Å²) in [6, 6.07) is 19.0. The number of piperazine rings is 1. The van der Waals surface area contributed by atoms with Crippen LogP contribution in [0.2, 0.25) is 5.02 Å². The summed E-state index contributed by atoms with van der Waals surface area (Å²) in [4.78, 5) is 21.6. The molecule has 2 aromatic heterocycles. The Labute approximate surface area is 189 Å². The van der Waals surface area contributed by atoms with E-state index in [0.29, 0.717) is 29.6 Å². The van der Waals surface area contributed by atoms with Crippen molar-refractivity contribution in [2.75, 3.05) is 31.1 Å². The number of halogens is 1. The summed E-state index contributed by atoms with van der Waals surface area (Å²) in [5.41, 5.74) is 1.93. The van der Waals surface area contributed by atoms with E-state index in [9.17, 15) is 4.79 Å². The summed E-state index contributed by atoms with van der Waals surface area (Å²) in [6.45, 7) is 3.62. The summed E-state index contributed by atoms with van der Waals surface area (Å²) < 4.78 is 6.72. The summed E-state index contributed by atoms with van der Waals surface area (Å²) >= 11 is 6.45. The topological polar surface area (TPSA) is 80.3 Å². The number of rotatable bonds is 5. The third-order valence-corrected chi connectivity index (χ3v) is 5.82. The number of aromatic nitrogens is 4. The minimum atomic E-state index is -0.321. The van der Waals surface area contributed by atoms with Gasteiger partial charge in [-0.2, -0.15) is 14.8 Å². The van der Waals surface area contributed by atoms with Crippen molar-refractivity contribution in [2.24, 2.45) is 0 Å². The number of nitrogens with zero attached hydrogens (tertiary/aromatic N) is 6. The van der Waals surface area contributed by atoms with E-state index in [4.69, 9.17) is 16.1 Å². The van der Waals surface area contributed by atoms with Gasteiger partial charge in [-0.25, -0.2) is 0 Å². The van der Waals surface area contributed by atoms with Gasteiger partial charge < -0.3 is 9.42 Å². The Kier molecular flexibility index (Phi) is 5.70. The molecule has 162 valence electrons. The van der Waals surface area contributed by atoms with E-state index in [1.807, 2.05) is 60.7 Å². The first kappa shape index (κ1) is 20.4. The molecule has 1 aliphatic rings. The lowest BCUT2D eigenvalue weighted by Gasteiger charge is -2.35. The third-order valence-electron chi connectivity index (χ3n) is 5.47. The Morgan fingerprint density at radius 3 is 2.34 bits per heavy atom. The van der Waals surface area contributed by atoms with E-state index >= 15 is 0 Å². The van der Waals surface area contributed by atoms with Gasteiger partial charge in [-0.15, -0.1) is 0 Å². The number of para-hydroxylation sites is 1. The molecule has 0 unspecified atom stereocenters. The fraction of sp³-hybridized carbons (Fsp3) is 0.217. The first-order chi connectivity index (χ1) is 15.7. The summed E-state index contributed by atoms with van der Waals surface area (Å²) in [7, 11) is 0. The molecule has 32 heavy (non-hydrogen) atoms. The zero-order valence-electron chi connectivity index (χ0n) is 17.3. The maximum absolute atomic E-state index is 12.8. The molecule has 3 heterocycles. The van der Waals surface area contributed by atoms with E-state index in [-0.39, 0.29) is 10.6 Å². The molecule has 2 aromatic carbocycles. The van der Waals surface area contributed by atoms with Gasteiger partial charge in [-0.05, 0) is 24.3 Å². The first-order valence-corrected chi connectivity index (χ1v) is 10.8. The molecule has 0 radical (unpaired) electrons. The smallest absolute Gasteiger partial charge is 0.292 e. The van der Waals surface area contributed by atoms with Crippen LogP contribution >= 0.6 is 11.6 Å². The van der Waals surface area contributed by atoms with Crippen molar-refractivity contribution >= 4 is 17.3 Å². The second-order valence-electron chi connectivity index (χ2n) is 7.54. The van der Waals surface area contributed by atoms with Crippen LogP contribution in [-0.2, 0) is 6.54 Å². The van der Waals surface area contributed by atoms with Crippen molar-refractivity contribution in [3.63, 3.8) is 0 Å². The van der Waals surface area contributed by atoms with Gasteiger partial charge in [-0.3, -0.25) is 9.69 Å². The maximum Gasteiger partial charge on any atom is 0.292 e. The molecular formula is C23H21ClN6O2. The van der Waals surface area contributed by atoms with Crippen LogP contribution in [0.3, 0.4) is 0 Å². The second-order valence-corrected chi connectivity index (χ2v) is 7.92. The Bertz CT molecular complexity index is 1250. The van der Waals surface area contributed by atoms with Crippen molar-refractivity contribution in [3.8, 4) is 17.1 Å². The van der Waals surface area contributed by atoms with Crippen LogP contribution in [-0.4, -0.2) is 51.0 Å². The van der Waals surface area contributed by atoms with Crippen molar-refractivity contribution in [1.29, 1.82) is 0 Å². The maximum atomic E-state index is 12.8. The molecule has 9 heteroatoms. The van der Waals surface area contributed by atoms with Gasteiger partial charge in [0.05, 0.1) is 24.1 Å². The predicted octanol–water partition coefficient (Wildman–Crippen LogP) is 3.26. The van der Waals surface area contributed by atoms with Crippen molar-refractivity contribution in [3.05, 3.63) is 88.1 Å². The third kappa shape index (κ3) is 4.15. The van der Waals surface area contributed by atoms with Gasteiger partial charge in [0.25, 0.3) is 11.4 Å². The van der Waals surface area contributed by atoms with E-state index in [1.54, 1.807) is 6.20 Å². The zero-order valence-corrected chi connectivity index (χ0v) is 18.0. The zero-order chi connectivity index (χ0) is 21.9. The fourth-order valence-electron chi connectivity index (χ4n) is 3.76. The number of hydrogen-bond acceptors (Lipinski definition) is 7. The summed E-state index contributed by atoms with van der Waals surface area (Å²) in [5.74, 6) is 1.18.